The molecule has 7 heteroatoms. The van der Waals surface area contributed by atoms with Gasteiger partial charge in [0, 0.05) is 6.54 Å². The molecular weight excluding hydrogens is 250 g/mol. The van der Waals surface area contributed by atoms with Crippen LogP contribution in [0.1, 0.15) is 26.3 Å². The first kappa shape index (κ1) is 14.3. The monoisotopic (exact) mass is 267 g/mol. The lowest BCUT2D eigenvalue weighted by atomic mass is 10.2. The highest BCUT2D eigenvalue weighted by atomic mass is 32.1. The first-order valence-electron chi connectivity index (χ1n) is 5.65. The molecule has 0 bridgehead atoms. The van der Waals surface area contributed by atoms with Crippen molar-refractivity contribution in [2.45, 2.75) is 26.8 Å². The molecule has 1 unspecified atom stereocenters. The summed E-state index contributed by atoms with van der Waals surface area (Å²) in [5.74, 6) is 0.481. The largest absolute Gasteiger partial charge is 0.382 e. The quantitative estimate of drug-likeness (QED) is 0.743. The fraction of sp³-hybridized carbons (Fsp3) is 0.545. The smallest absolute Gasteiger partial charge is 0.242 e. The Balaban J connectivity index is 2.61. The van der Waals surface area contributed by atoms with Crippen LogP contribution in [0.5, 0.6) is 0 Å². The van der Waals surface area contributed by atoms with Crippen LogP contribution in [0.2, 0.25) is 0 Å². The van der Waals surface area contributed by atoms with Crippen molar-refractivity contribution >= 4 is 28.3 Å². The normalized spacial score (nSPS) is 11.9. The summed E-state index contributed by atoms with van der Waals surface area (Å²) in [7, 11) is 0. The van der Waals surface area contributed by atoms with Gasteiger partial charge in [-0.1, -0.05) is 13.8 Å². The molecule has 1 rings (SSSR count). The Hall–Kier alpha value is -1.81. The summed E-state index contributed by atoms with van der Waals surface area (Å²) in [5, 5.41) is 15.2. The van der Waals surface area contributed by atoms with Crippen LogP contribution >= 0.6 is 11.5 Å². The van der Waals surface area contributed by atoms with Gasteiger partial charge < -0.3 is 16.4 Å². The van der Waals surface area contributed by atoms with Crippen LogP contribution in [-0.2, 0) is 4.79 Å². The van der Waals surface area contributed by atoms with E-state index < -0.39 is 6.04 Å². The van der Waals surface area contributed by atoms with Crippen molar-refractivity contribution in [2.24, 2.45) is 5.92 Å². The van der Waals surface area contributed by atoms with Crippen molar-refractivity contribution < 1.29 is 4.79 Å². The average molecular weight is 267 g/mol. The fourth-order valence-electron chi connectivity index (χ4n) is 1.23. The summed E-state index contributed by atoms with van der Waals surface area (Å²) < 4.78 is 3.88. The summed E-state index contributed by atoms with van der Waals surface area (Å²) >= 11 is 1.08. The zero-order valence-electron chi connectivity index (χ0n) is 10.7. The molecule has 98 valence electrons. The number of rotatable bonds is 5. The van der Waals surface area contributed by atoms with Crippen molar-refractivity contribution in [3.8, 4) is 6.07 Å². The molecule has 1 aromatic heterocycles. The molecule has 1 aromatic rings. The number of hydrogen-bond donors (Lipinski definition) is 3. The first-order chi connectivity index (χ1) is 8.45. The van der Waals surface area contributed by atoms with Crippen LogP contribution in [0.25, 0.3) is 0 Å². The first-order valence-corrected chi connectivity index (χ1v) is 6.42. The zero-order valence-corrected chi connectivity index (χ0v) is 11.5. The number of carbonyl (C=O) groups excluding carboxylic acids is 1. The number of amides is 1. The van der Waals surface area contributed by atoms with Gasteiger partial charge in [-0.3, -0.25) is 4.79 Å². The van der Waals surface area contributed by atoms with Gasteiger partial charge in [-0.05, 0) is 24.4 Å². The maximum Gasteiger partial charge on any atom is 0.242 e. The molecule has 1 amide bonds. The second-order valence-corrected chi connectivity index (χ2v) is 5.16. The van der Waals surface area contributed by atoms with E-state index in [-0.39, 0.29) is 11.7 Å². The minimum atomic E-state index is -0.435. The number of nitriles is 1. The predicted molar refractivity (Wildman–Crippen MR) is 72.2 cm³/mol. The molecule has 0 aliphatic heterocycles. The molecule has 1 heterocycles. The molecule has 0 aromatic carbocycles. The van der Waals surface area contributed by atoms with Gasteiger partial charge in [0.2, 0.25) is 5.91 Å². The number of anilines is 2. The molecule has 0 radical (unpaired) electrons. The molecule has 1 atom stereocenters. The molecule has 0 aliphatic rings. The predicted octanol–water partition coefficient (Wildman–Crippen LogP) is 1.17. The van der Waals surface area contributed by atoms with Crippen molar-refractivity contribution in [3.05, 3.63) is 5.56 Å². The van der Waals surface area contributed by atoms with E-state index in [1.165, 1.54) is 0 Å². The third-order valence-corrected chi connectivity index (χ3v) is 3.05. The molecule has 0 spiro atoms. The summed E-state index contributed by atoms with van der Waals surface area (Å²) in [6.45, 7) is 6.40. The maximum atomic E-state index is 11.8. The minimum absolute atomic E-state index is 0.112. The molecule has 4 N–H and O–H groups in total. The number of carbonyl (C=O) groups is 1. The molecular formula is C11H17N5OS. The number of nitrogen functional groups attached to an aromatic ring is 1. The van der Waals surface area contributed by atoms with Crippen molar-refractivity contribution in [1.29, 1.82) is 5.26 Å². The lowest BCUT2D eigenvalue weighted by Gasteiger charge is -2.14. The summed E-state index contributed by atoms with van der Waals surface area (Å²) in [6.07, 6.45) is 0. The Bertz CT molecular complexity index is 462. The highest BCUT2D eigenvalue weighted by Crippen LogP contribution is 2.26. The Morgan fingerprint density at radius 2 is 2.22 bits per heavy atom. The van der Waals surface area contributed by atoms with Crippen molar-refractivity contribution in [1.82, 2.24) is 9.69 Å². The summed E-state index contributed by atoms with van der Waals surface area (Å²) in [4.78, 5) is 11.8. The third-order valence-electron chi connectivity index (χ3n) is 2.26. The van der Waals surface area contributed by atoms with Gasteiger partial charge in [-0.25, -0.2) is 0 Å². The van der Waals surface area contributed by atoms with E-state index in [2.05, 4.69) is 15.0 Å². The van der Waals surface area contributed by atoms with Crippen LogP contribution in [0.15, 0.2) is 0 Å². The lowest BCUT2D eigenvalue weighted by molar-refractivity contribution is -0.121. The van der Waals surface area contributed by atoms with Gasteiger partial charge in [0.15, 0.2) is 5.82 Å². The van der Waals surface area contributed by atoms with Gasteiger partial charge >= 0.3 is 0 Å². The van der Waals surface area contributed by atoms with Crippen LogP contribution < -0.4 is 16.4 Å². The number of aromatic nitrogens is 1. The SMILES string of the molecule is CC(C)CNC(=O)C(C)Nc1snc(N)c1C#N. The van der Waals surface area contributed by atoms with E-state index >= 15 is 0 Å². The summed E-state index contributed by atoms with van der Waals surface area (Å²) in [6, 6.07) is 1.53. The number of hydrogen-bond acceptors (Lipinski definition) is 6. The molecule has 0 fully saturated rings. The van der Waals surface area contributed by atoms with Crippen molar-refractivity contribution in [2.75, 3.05) is 17.6 Å². The molecule has 18 heavy (non-hydrogen) atoms. The second kappa shape index (κ2) is 6.21. The molecule has 0 saturated carbocycles. The van der Waals surface area contributed by atoms with Crippen LogP contribution in [-0.4, -0.2) is 22.9 Å². The Morgan fingerprint density at radius 1 is 1.56 bits per heavy atom. The van der Waals surface area contributed by atoms with Crippen LogP contribution in [0.4, 0.5) is 10.8 Å². The highest BCUT2D eigenvalue weighted by Gasteiger charge is 2.17. The van der Waals surface area contributed by atoms with Gasteiger partial charge in [-0.2, -0.15) is 9.64 Å². The Morgan fingerprint density at radius 3 is 2.78 bits per heavy atom. The number of nitrogens with two attached hydrogens (primary N) is 1. The highest BCUT2D eigenvalue weighted by molar-refractivity contribution is 7.10. The number of nitrogens with one attached hydrogen (secondary N) is 2. The Labute approximate surface area is 110 Å². The second-order valence-electron chi connectivity index (χ2n) is 4.39. The Kier molecular flexibility index (Phi) is 4.92. The van der Waals surface area contributed by atoms with E-state index in [0.29, 0.717) is 23.0 Å². The standard InChI is InChI=1S/C11H17N5OS/c1-6(2)5-14-10(17)7(3)15-11-8(4-12)9(13)16-18-11/h6-7,15H,5H2,1-3H3,(H2,13,16)(H,14,17). The van der Waals surface area contributed by atoms with E-state index in [1.807, 2.05) is 19.9 Å². The van der Waals surface area contributed by atoms with E-state index in [0.717, 1.165) is 11.5 Å². The fourth-order valence-corrected chi connectivity index (χ4v) is 1.98. The van der Waals surface area contributed by atoms with Gasteiger partial charge in [0.25, 0.3) is 0 Å². The number of nitrogens with zero attached hydrogens (tertiary/aromatic N) is 2. The van der Waals surface area contributed by atoms with Gasteiger partial charge in [0.05, 0.1) is 0 Å². The average Bonchev–Trinajstić information content (AvgIpc) is 2.66. The van der Waals surface area contributed by atoms with Crippen LogP contribution in [0, 0.1) is 17.2 Å². The maximum absolute atomic E-state index is 11.8. The van der Waals surface area contributed by atoms with E-state index in [4.69, 9.17) is 11.0 Å². The van der Waals surface area contributed by atoms with Crippen LogP contribution in [0.3, 0.4) is 0 Å². The topological polar surface area (TPSA) is 104 Å². The van der Waals surface area contributed by atoms with Gasteiger partial charge in [-0.15, -0.1) is 0 Å². The summed E-state index contributed by atoms with van der Waals surface area (Å²) in [5.41, 5.74) is 5.83. The van der Waals surface area contributed by atoms with E-state index in [9.17, 15) is 4.79 Å². The zero-order chi connectivity index (χ0) is 13.7. The van der Waals surface area contributed by atoms with E-state index in [1.54, 1.807) is 6.92 Å². The van der Waals surface area contributed by atoms with Crippen molar-refractivity contribution in [3.63, 3.8) is 0 Å². The third kappa shape index (κ3) is 3.60. The van der Waals surface area contributed by atoms with Gasteiger partial charge in [0.1, 0.15) is 22.7 Å². The molecule has 0 aliphatic carbocycles. The molecule has 0 saturated heterocycles. The lowest BCUT2D eigenvalue weighted by Crippen LogP contribution is -2.39. The minimum Gasteiger partial charge on any atom is -0.382 e. The molecule has 6 nitrogen and oxygen atoms in total.